The molecule has 3 aromatic heterocycles. The fourth-order valence-electron chi connectivity index (χ4n) is 3.72. The molecule has 0 radical (unpaired) electrons. The zero-order chi connectivity index (χ0) is 18.2. The lowest BCUT2D eigenvalue weighted by Crippen LogP contribution is -2.22. The molecule has 6 nitrogen and oxygen atoms in total. The summed E-state index contributed by atoms with van der Waals surface area (Å²) in [7, 11) is 0. The minimum atomic E-state index is -0.250. The van der Waals surface area contributed by atoms with E-state index in [-0.39, 0.29) is 5.82 Å². The number of fused-ring (bicyclic) bond motifs is 1. The van der Waals surface area contributed by atoms with Crippen molar-refractivity contribution in [2.24, 2.45) is 0 Å². The molecule has 4 heterocycles. The maximum atomic E-state index is 13.3. The van der Waals surface area contributed by atoms with E-state index in [1.807, 2.05) is 12.1 Å². The summed E-state index contributed by atoms with van der Waals surface area (Å²) in [4.78, 5) is 19.8. The van der Waals surface area contributed by atoms with E-state index in [4.69, 9.17) is 0 Å². The van der Waals surface area contributed by atoms with E-state index < -0.39 is 0 Å². The van der Waals surface area contributed by atoms with Crippen molar-refractivity contribution < 1.29 is 4.39 Å². The van der Waals surface area contributed by atoms with Gasteiger partial charge in [0.05, 0.1) is 11.9 Å². The Balaban J connectivity index is 1.54. The first-order valence-corrected chi connectivity index (χ1v) is 8.90. The topological polar surface area (TPSA) is 59.2 Å². The Kier molecular flexibility index (Phi) is 3.78. The highest BCUT2D eigenvalue weighted by Gasteiger charge is 2.28. The molecular formula is C20H17FN6. The molecule has 1 aliphatic heterocycles. The molecule has 1 fully saturated rings. The first-order valence-electron chi connectivity index (χ1n) is 8.90. The number of hydrogen-bond acceptors (Lipinski definition) is 5. The molecule has 1 saturated heterocycles. The third-order valence-corrected chi connectivity index (χ3v) is 5.02. The van der Waals surface area contributed by atoms with Crippen LogP contribution in [0.5, 0.6) is 0 Å². The monoisotopic (exact) mass is 360 g/mol. The molecule has 0 N–H and O–H groups in total. The summed E-state index contributed by atoms with van der Waals surface area (Å²) in [5.41, 5.74) is 2.98. The van der Waals surface area contributed by atoms with E-state index in [0.717, 1.165) is 42.4 Å². The molecule has 0 amide bonds. The van der Waals surface area contributed by atoms with Crippen LogP contribution in [0, 0.1) is 5.82 Å². The third kappa shape index (κ3) is 2.81. The van der Waals surface area contributed by atoms with Crippen LogP contribution in [-0.2, 0) is 0 Å². The van der Waals surface area contributed by atoms with E-state index in [0.29, 0.717) is 11.7 Å². The van der Waals surface area contributed by atoms with Gasteiger partial charge in [-0.25, -0.2) is 24.3 Å². The zero-order valence-electron chi connectivity index (χ0n) is 14.5. The number of hydrogen-bond donors (Lipinski definition) is 0. The van der Waals surface area contributed by atoms with Gasteiger partial charge < -0.3 is 4.90 Å². The van der Waals surface area contributed by atoms with E-state index in [1.54, 1.807) is 36.9 Å². The lowest BCUT2D eigenvalue weighted by atomic mass is 10.0. The third-order valence-electron chi connectivity index (χ3n) is 5.02. The van der Waals surface area contributed by atoms with Gasteiger partial charge in [0.25, 0.3) is 0 Å². The lowest BCUT2D eigenvalue weighted by Gasteiger charge is -2.17. The van der Waals surface area contributed by atoms with Crippen LogP contribution in [0.15, 0.2) is 61.2 Å². The van der Waals surface area contributed by atoms with Crippen molar-refractivity contribution in [3.63, 3.8) is 0 Å². The maximum Gasteiger partial charge on any atom is 0.234 e. The Morgan fingerprint density at radius 1 is 0.926 bits per heavy atom. The van der Waals surface area contributed by atoms with Crippen LogP contribution < -0.4 is 4.90 Å². The molecule has 134 valence electrons. The van der Waals surface area contributed by atoms with E-state index in [9.17, 15) is 4.39 Å². The normalized spacial score (nSPS) is 16.9. The summed E-state index contributed by atoms with van der Waals surface area (Å²) in [6, 6.07) is 10.3. The van der Waals surface area contributed by atoms with Gasteiger partial charge in [0.1, 0.15) is 5.82 Å². The van der Waals surface area contributed by atoms with Gasteiger partial charge in [-0.1, -0.05) is 0 Å². The van der Waals surface area contributed by atoms with Crippen LogP contribution in [-0.4, -0.2) is 37.4 Å². The van der Waals surface area contributed by atoms with Crippen LogP contribution in [0.2, 0.25) is 0 Å². The second kappa shape index (κ2) is 6.42. The number of halogens is 1. The molecule has 1 atom stereocenters. The number of anilines is 1. The molecule has 1 aromatic carbocycles. The molecule has 27 heavy (non-hydrogen) atoms. The first kappa shape index (κ1) is 15.9. The smallest absolute Gasteiger partial charge is 0.234 e. The van der Waals surface area contributed by atoms with Crippen LogP contribution in [0.3, 0.4) is 0 Å². The fraction of sp³-hybridized carbons (Fsp3) is 0.200. The van der Waals surface area contributed by atoms with Crippen molar-refractivity contribution in [3.8, 4) is 11.3 Å². The molecular weight excluding hydrogens is 343 g/mol. The molecule has 0 spiro atoms. The average Bonchev–Trinajstić information content (AvgIpc) is 3.37. The molecule has 1 aliphatic rings. The zero-order valence-corrected chi connectivity index (χ0v) is 14.5. The van der Waals surface area contributed by atoms with Crippen molar-refractivity contribution in [1.29, 1.82) is 0 Å². The summed E-state index contributed by atoms with van der Waals surface area (Å²) >= 11 is 0. The second-order valence-corrected chi connectivity index (χ2v) is 6.64. The highest BCUT2D eigenvalue weighted by atomic mass is 19.1. The van der Waals surface area contributed by atoms with Crippen molar-refractivity contribution in [3.05, 3.63) is 72.7 Å². The largest absolute Gasteiger partial charge is 0.340 e. The average molecular weight is 360 g/mol. The Morgan fingerprint density at radius 2 is 1.74 bits per heavy atom. The van der Waals surface area contributed by atoms with Crippen LogP contribution in [0.1, 0.15) is 18.0 Å². The Labute approximate surface area is 155 Å². The van der Waals surface area contributed by atoms with Crippen molar-refractivity contribution in [2.45, 2.75) is 12.3 Å². The highest BCUT2D eigenvalue weighted by Crippen LogP contribution is 2.31. The maximum absolute atomic E-state index is 13.3. The van der Waals surface area contributed by atoms with Gasteiger partial charge in [0, 0.05) is 48.9 Å². The van der Waals surface area contributed by atoms with Crippen molar-refractivity contribution >= 4 is 11.7 Å². The van der Waals surface area contributed by atoms with Gasteiger partial charge in [0.2, 0.25) is 11.7 Å². The molecule has 0 bridgehead atoms. The molecule has 0 aliphatic carbocycles. The van der Waals surface area contributed by atoms with Crippen LogP contribution >= 0.6 is 0 Å². The van der Waals surface area contributed by atoms with Gasteiger partial charge in [-0.05, 0) is 42.8 Å². The van der Waals surface area contributed by atoms with E-state index >= 15 is 0 Å². The Bertz CT molecular complexity index is 1080. The second-order valence-electron chi connectivity index (χ2n) is 6.64. The van der Waals surface area contributed by atoms with Crippen molar-refractivity contribution in [2.75, 3.05) is 18.0 Å². The molecule has 4 aromatic rings. The van der Waals surface area contributed by atoms with Crippen LogP contribution in [0.4, 0.5) is 10.3 Å². The van der Waals surface area contributed by atoms with Crippen LogP contribution in [0.25, 0.3) is 17.0 Å². The number of imidazole rings is 1. The number of nitrogens with zero attached hydrogens (tertiary/aromatic N) is 6. The molecule has 7 heteroatoms. The Hall–Kier alpha value is -3.35. The summed E-state index contributed by atoms with van der Waals surface area (Å²) in [5, 5.41) is 0. The minimum Gasteiger partial charge on any atom is -0.340 e. The first-order chi connectivity index (χ1) is 13.3. The molecule has 0 saturated carbocycles. The number of benzene rings is 1. The summed E-state index contributed by atoms with van der Waals surface area (Å²) in [6.07, 6.45) is 8.13. The van der Waals surface area contributed by atoms with Gasteiger partial charge >= 0.3 is 0 Å². The van der Waals surface area contributed by atoms with Crippen molar-refractivity contribution in [1.82, 2.24) is 24.3 Å². The summed E-state index contributed by atoms with van der Waals surface area (Å²) < 4.78 is 15.4. The molecule has 1 unspecified atom stereocenters. The predicted octanol–water partition coefficient (Wildman–Crippen LogP) is 3.32. The van der Waals surface area contributed by atoms with Gasteiger partial charge in [0.15, 0.2) is 0 Å². The van der Waals surface area contributed by atoms with Gasteiger partial charge in [-0.2, -0.15) is 0 Å². The quantitative estimate of drug-likeness (QED) is 0.561. The number of aromatic nitrogens is 5. The number of rotatable bonds is 3. The fourth-order valence-corrected chi connectivity index (χ4v) is 3.72. The minimum absolute atomic E-state index is 0.250. The summed E-state index contributed by atoms with van der Waals surface area (Å²) in [6.45, 7) is 1.74. The summed E-state index contributed by atoms with van der Waals surface area (Å²) in [5.74, 6) is 1.48. The van der Waals surface area contributed by atoms with E-state index in [1.165, 1.54) is 12.1 Å². The van der Waals surface area contributed by atoms with Gasteiger partial charge in [-0.15, -0.1) is 0 Å². The van der Waals surface area contributed by atoms with E-state index in [2.05, 4.69) is 29.2 Å². The lowest BCUT2D eigenvalue weighted by molar-refractivity contribution is 0.628. The van der Waals surface area contributed by atoms with Gasteiger partial charge in [-0.3, -0.25) is 4.40 Å². The predicted molar refractivity (Wildman–Crippen MR) is 100.0 cm³/mol. The molecule has 5 rings (SSSR count). The SMILES string of the molecule is Fc1ccc(-c2cnc3nccc(C4CCN(c5ncccn5)C4)n23)cc1. The standard InChI is InChI=1S/C20H17FN6/c21-16-4-2-14(3-5-16)18-12-25-20-24-10-6-17(27(18)20)15-7-11-26(13-15)19-22-8-1-9-23-19/h1-6,8-10,12,15H,7,11,13H2. The highest BCUT2D eigenvalue weighted by molar-refractivity contribution is 5.63. The Morgan fingerprint density at radius 3 is 2.56 bits per heavy atom.